The molecule has 0 aromatic carbocycles. The molecule has 1 aliphatic rings. The van der Waals surface area contributed by atoms with Crippen molar-refractivity contribution in [1.29, 1.82) is 0 Å². The van der Waals surface area contributed by atoms with Crippen LogP contribution in [-0.4, -0.2) is 61.1 Å². The van der Waals surface area contributed by atoms with E-state index in [1.165, 1.54) is 4.90 Å². The first-order valence-electron chi connectivity index (χ1n) is 7.15. The Morgan fingerprint density at radius 2 is 1.90 bits per heavy atom. The maximum atomic E-state index is 12.1. The second-order valence-electron chi connectivity index (χ2n) is 5.61. The number of carbonyl (C=O) groups is 2. The van der Waals surface area contributed by atoms with E-state index in [9.17, 15) is 23.1 Å². The molecule has 2 amide bonds. The maximum absolute atomic E-state index is 12.1. The van der Waals surface area contributed by atoms with Gasteiger partial charge in [0.25, 0.3) is 0 Å². The number of aliphatic carboxylic acids is 1. The van der Waals surface area contributed by atoms with Gasteiger partial charge >= 0.3 is 12.0 Å². The van der Waals surface area contributed by atoms with Gasteiger partial charge in [-0.05, 0) is 19.8 Å². The summed E-state index contributed by atoms with van der Waals surface area (Å²) >= 11 is 0. The summed E-state index contributed by atoms with van der Waals surface area (Å²) in [6.45, 7) is 5.43. The maximum Gasteiger partial charge on any atom is 0.317 e. The van der Waals surface area contributed by atoms with Crippen LogP contribution in [0.25, 0.3) is 0 Å². The monoisotopic (exact) mass is 320 g/mol. The molecule has 1 rings (SSSR count). The molecule has 0 aliphatic carbocycles. The van der Waals surface area contributed by atoms with Crippen LogP contribution in [0.4, 0.5) is 4.79 Å². The van der Waals surface area contributed by atoms with Gasteiger partial charge in [-0.3, -0.25) is 4.79 Å². The molecule has 21 heavy (non-hydrogen) atoms. The van der Waals surface area contributed by atoms with Crippen LogP contribution in [-0.2, 0) is 14.6 Å². The van der Waals surface area contributed by atoms with Crippen molar-refractivity contribution in [3.63, 3.8) is 0 Å². The molecule has 0 aromatic rings. The summed E-state index contributed by atoms with van der Waals surface area (Å²) in [5, 5.41) is 12.0. The molecule has 0 spiro atoms. The Morgan fingerprint density at radius 3 is 2.33 bits per heavy atom. The standard InChI is InChI=1S/C13H24N2O5S/c1-4-13(5-2,11(16)17)9-14-12(18)15-6-7-21(19,20)8-10(15)3/h10H,4-9H2,1-3H3,(H,14,18)(H,16,17). The van der Waals surface area contributed by atoms with E-state index >= 15 is 0 Å². The lowest BCUT2D eigenvalue weighted by Crippen LogP contribution is -2.55. The molecule has 2 N–H and O–H groups in total. The lowest BCUT2D eigenvalue weighted by molar-refractivity contribution is -0.149. The Labute approximate surface area is 125 Å². The first-order valence-corrected chi connectivity index (χ1v) is 8.98. The van der Waals surface area contributed by atoms with Crippen LogP contribution in [0.5, 0.6) is 0 Å². The van der Waals surface area contributed by atoms with Crippen LogP contribution < -0.4 is 5.32 Å². The van der Waals surface area contributed by atoms with E-state index in [0.29, 0.717) is 12.8 Å². The van der Waals surface area contributed by atoms with Gasteiger partial charge in [-0.2, -0.15) is 0 Å². The molecule has 122 valence electrons. The molecule has 1 fully saturated rings. The summed E-state index contributed by atoms with van der Waals surface area (Å²) < 4.78 is 23.0. The Kier molecular flexibility index (Phi) is 5.61. The van der Waals surface area contributed by atoms with E-state index in [0.717, 1.165) is 0 Å². The van der Waals surface area contributed by atoms with Crippen LogP contribution in [0.15, 0.2) is 0 Å². The summed E-state index contributed by atoms with van der Waals surface area (Å²) in [5.41, 5.74) is -0.971. The van der Waals surface area contributed by atoms with Crippen LogP contribution in [0.2, 0.25) is 0 Å². The second kappa shape index (κ2) is 6.64. The minimum Gasteiger partial charge on any atom is -0.481 e. The highest BCUT2D eigenvalue weighted by Gasteiger charge is 2.37. The molecule has 1 heterocycles. The lowest BCUT2D eigenvalue weighted by Gasteiger charge is -2.34. The first-order chi connectivity index (χ1) is 9.67. The van der Waals surface area contributed by atoms with E-state index < -0.39 is 33.3 Å². The number of urea groups is 1. The van der Waals surface area contributed by atoms with Crippen molar-refractivity contribution in [1.82, 2.24) is 10.2 Å². The number of hydrogen-bond acceptors (Lipinski definition) is 4. The Morgan fingerprint density at radius 1 is 1.33 bits per heavy atom. The van der Waals surface area contributed by atoms with Gasteiger partial charge in [-0.1, -0.05) is 13.8 Å². The number of carboxylic acids is 1. The highest BCUT2D eigenvalue weighted by Crippen LogP contribution is 2.25. The molecule has 0 saturated carbocycles. The summed E-state index contributed by atoms with van der Waals surface area (Å²) in [7, 11) is -3.08. The first kappa shape index (κ1) is 17.7. The fraction of sp³-hybridized carbons (Fsp3) is 0.846. The molecular formula is C13H24N2O5S. The second-order valence-corrected chi connectivity index (χ2v) is 7.84. The number of hydrogen-bond donors (Lipinski definition) is 2. The molecule has 0 radical (unpaired) electrons. The van der Waals surface area contributed by atoms with E-state index in [2.05, 4.69) is 5.32 Å². The third-order valence-corrected chi connectivity index (χ3v) is 6.11. The van der Waals surface area contributed by atoms with Crippen LogP contribution in [0, 0.1) is 5.41 Å². The average Bonchev–Trinajstić information content (AvgIpc) is 2.38. The van der Waals surface area contributed by atoms with Crippen molar-refractivity contribution in [3.8, 4) is 0 Å². The largest absolute Gasteiger partial charge is 0.481 e. The van der Waals surface area contributed by atoms with Crippen LogP contribution >= 0.6 is 0 Å². The lowest BCUT2D eigenvalue weighted by atomic mass is 9.82. The minimum atomic E-state index is -3.08. The fourth-order valence-corrected chi connectivity index (χ4v) is 4.08. The zero-order valence-electron chi connectivity index (χ0n) is 12.8. The smallest absolute Gasteiger partial charge is 0.317 e. The number of carboxylic acid groups (broad SMARTS) is 1. The number of sulfone groups is 1. The highest BCUT2D eigenvalue weighted by atomic mass is 32.2. The van der Waals surface area contributed by atoms with E-state index in [-0.39, 0.29) is 24.6 Å². The molecule has 7 nitrogen and oxygen atoms in total. The number of amides is 2. The van der Waals surface area contributed by atoms with Gasteiger partial charge < -0.3 is 15.3 Å². The third kappa shape index (κ3) is 4.09. The summed E-state index contributed by atoms with van der Waals surface area (Å²) in [5.74, 6) is -1.02. The Bertz CT molecular complexity index is 499. The van der Waals surface area contributed by atoms with Gasteiger partial charge in [-0.25, -0.2) is 13.2 Å². The summed E-state index contributed by atoms with van der Waals surface area (Å²) in [6.07, 6.45) is 0.839. The fourth-order valence-electron chi connectivity index (χ4n) is 2.52. The Hall–Kier alpha value is -1.31. The van der Waals surface area contributed by atoms with Gasteiger partial charge in [0.15, 0.2) is 9.84 Å². The quantitative estimate of drug-likeness (QED) is 0.776. The topological polar surface area (TPSA) is 104 Å². The minimum absolute atomic E-state index is 0.0452. The molecule has 8 heteroatoms. The average molecular weight is 320 g/mol. The predicted octanol–water partition coefficient (Wildman–Crippen LogP) is 0.706. The molecule has 1 atom stereocenters. The Balaban J connectivity index is 2.68. The van der Waals surface area contributed by atoms with E-state index in [1.807, 2.05) is 0 Å². The van der Waals surface area contributed by atoms with Gasteiger partial charge in [-0.15, -0.1) is 0 Å². The third-order valence-electron chi connectivity index (χ3n) is 4.32. The number of nitrogens with zero attached hydrogens (tertiary/aromatic N) is 1. The van der Waals surface area contributed by atoms with Crippen molar-refractivity contribution < 1.29 is 23.1 Å². The van der Waals surface area contributed by atoms with E-state index in [1.54, 1.807) is 20.8 Å². The van der Waals surface area contributed by atoms with Gasteiger partial charge in [0.1, 0.15) is 0 Å². The number of nitrogens with one attached hydrogen (secondary N) is 1. The van der Waals surface area contributed by atoms with Gasteiger partial charge in [0.2, 0.25) is 0 Å². The summed E-state index contributed by atoms with van der Waals surface area (Å²) in [6, 6.07) is -0.795. The van der Waals surface area contributed by atoms with Crippen molar-refractivity contribution in [3.05, 3.63) is 0 Å². The number of rotatable bonds is 5. The normalized spacial score (nSPS) is 21.9. The molecule has 1 aliphatic heterocycles. The molecule has 1 unspecified atom stereocenters. The van der Waals surface area contributed by atoms with Crippen molar-refractivity contribution in [2.75, 3.05) is 24.6 Å². The van der Waals surface area contributed by atoms with Crippen LogP contribution in [0.3, 0.4) is 0 Å². The predicted molar refractivity (Wildman–Crippen MR) is 78.9 cm³/mol. The number of carbonyl (C=O) groups excluding carboxylic acids is 1. The highest BCUT2D eigenvalue weighted by molar-refractivity contribution is 7.91. The van der Waals surface area contributed by atoms with Crippen LogP contribution in [0.1, 0.15) is 33.6 Å². The molecular weight excluding hydrogens is 296 g/mol. The molecule has 1 saturated heterocycles. The zero-order chi connectivity index (χ0) is 16.3. The zero-order valence-corrected chi connectivity index (χ0v) is 13.6. The SMILES string of the molecule is CCC(CC)(CNC(=O)N1CCS(=O)(=O)CC1C)C(=O)O. The van der Waals surface area contributed by atoms with Gasteiger partial charge in [0, 0.05) is 19.1 Å². The van der Waals surface area contributed by atoms with Crippen molar-refractivity contribution in [2.45, 2.75) is 39.7 Å². The van der Waals surface area contributed by atoms with E-state index in [4.69, 9.17) is 0 Å². The molecule has 0 bridgehead atoms. The summed E-state index contributed by atoms with van der Waals surface area (Å²) in [4.78, 5) is 25.0. The van der Waals surface area contributed by atoms with Gasteiger partial charge in [0.05, 0.1) is 16.9 Å². The molecule has 0 aromatic heterocycles. The van der Waals surface area contributed by atoms with Crippen molar-refractivity contribution in [2.24, 2.45) is 5.41 Å². The van der Waals surface area contributed by atoms with Crippen molar-refractivity contribution >= 4 is 21.8 Å².